The van der Waals surface area contributed by atoms with Crippen LogP contribution >= 0.6 is 0 Å². The zero-order valence-electron chi connectivity index (χ0n) is 40.4. The fourth-order valence-corrected chi connectivity index (χ4v) is 7.31. The lowest BCUT2D eigenvalue weighted by Crippen LogP contribution is -2.30. The van der Waals surface area contributed by atoms with Crippen molar-refractivity contribution in [2.45, 2.75) is 271 Å². The Hall–Kier alpha value is -2.63. The van der Waals surface area contributed by atoms with Crippen LogP contribution in [-0.2, 0) is 28.6 Å². The van der Waals surface area contributed by atoms with Crippen LogP contribution in [0.5, 0.6) is 0 Å². The molecule has 0 amide bonds. The van der Waals surface area contributed by atoms with E-state index in [1.165, 1.54) is 128 Å². The summed E-state index contributed by atoms with van der Waals surface area (Å²) in [5, 5.41) is 0. The van der Waals surface area contributed by atoms with Gasteiger partial charge in [-0.1, -0.05) is 217 Å². The SMILES string of the molecule is CCCC/C=C\C/C=C\CCCCCCCC(=O)O[C@@H](COC(=O)CCCCCCCCC/C=C\C/C=C\CCCCC)COC(=O)CCCCCCCCCCCCCC. The lowest BCUT2D eigenvalue weighted by atomic mass is 10.0. The molecule has 354 valence electrons. The second kappa shape index (κ2) is 50.0. The Bertz CT molecular complexity index is 1070. The van der Waals surface area contributed by atoms with Crippen molar-refractivity contribution in [2.75, 3.05) is 13.2 Å². The van der Waals surface area contributed by atoms with Crippen LogP contribution in [0.1, 0.15) is 265 Å². The van der Waals surface area contributed by atoms with Gasteiger partial charge in [0.25, 0.3) is 0 Å². The van der Waals surface area contributed by atoms with Gasteiger partial charge in [-0.25, -0.2) is 0 Å². The Morgan fingerprint density at radius 2 is 0.607 bits per heavy atom. The van der Waals surface area contributed by atoms with Gasteiger partial charge in [-0.2, -0.15) is 0 Å². The van der Waals surface area contributed by atoms with E-state index in [4.69, 9.17) is 14.2 Å². The molecule has 0 saturated carbocycles. The molecular formula is C55H98O6. The highest BCUT2D eigenvalue weighted by Gasteiger charge is 2.19. The van der Waals surface area contributed by atoms with Gasteiger partial charge in [-0.15, -0.1) is 0 Å². The number of esters is 3. The van der Waals surface area contributed by atoms with Crippen molar-refractivity contribution in [1.82, 2.24) is 0 Å². The van der Waals surface area contributed by atoms with Crippen molar-refractivity contribution in [2.24, 2.45) is 0 Å². The molecule has 0 rings (SSSR count). The monoisotopic (exact) mass is 855 g/mol. The van der Waals surface area contributed by atoms with Crippen molar-refractivity contribution >= 4 is 17.9 Å². The summed E-state index contributed by atoms with van der Waals surface area (Å²) in [5.41, 5.74) is 0. The minimum atomic E-state index is -0.780. The number of carbonyl (C=O) groups is 3. The molecule has 0 heterocycles. The number of carbonyl (C=O) groups excluding carboxylic acids is 3. The number of ether oxygens (including phenoxy) is 3. The van der Waals surface area contributed by atoms with E-state index in [1.807, 2.05) is 0 Å². The second-order valence-electron chi connectivity index (χ2n) is 17.4. The molecule has 1 atom stereocenters. The van der Waals surface area contributed by atoms with Crippen LogP contribution in [0.25, 0.3) is 0 Å². The fourth-order valence-electron chi connectivity index (χ4n) is 7.31. The van der Waals surface area contributed by atoms with Gasteiger partial charge in [0.2, 0.25) is 0 Å². The maximum atomic E-state index is 12.8. The van der Waals surface area contributed by atoms with Gasteiger partial charge >= 0.3 is 17.9 Å². The predicted octanol–water partition coefficient (Wildman–Crippen LogP) is 17.1. The molecule has 6 nitrogen and oxygen atoms in total. The van der Waals surface area contributed by atoms with Crippen molar-refractivity contribution in [3.63, 3.8) is 0 Å². The van der Waals surface area contributed by atoms with Crippen molar-refractivity contribution < 1.29 is 28.6 Å². The largest absolute Gasteiger partial charge is 0.462 e. The highest BCUT2D eigenvalue weighted by Crippen LogP contribution is 2.15. The van der Waals surface area contributed by atoms with Crippen LogP contribution in [0, 0.1) is 0 Å². The summed E-state index contributed by atoms with van der Waals surface area (Å²) in [6.45, 7) is 6.56. The van der Waals surface area contributed by atoms with Gasteiger partial charge in [-0.3, -0.25) is 14.4 Å². The van der Waals surface area contributed by atoms with E-state index in [2.05, 4.69) is 69.4 Å². The maximum Gasteiger partial charge on any atom is 0.306 e. The van der Waals surface area contributed by atoms with Crippen LogP contribution in [0.3, 0.4) is 0 Å². The first-order valence-corrected chi connectivity index (χ1v) is 26.1. The molecule has 0 aliphatic carbocycles. The van der Waals surface area contributed by atoms with Crippen molar-refractivity contribution in [1.29, 1.82) is 0 Å². The van der Waals surface area contributed by atoms with Crippen molar-refractivity contribution in [3.8, 4) is 0 Å². The molecule has 0 aromatic rings. The van der Waals surface area contributed by atoms with Crippen LogP contribution < -0.4 is 0 Å². The molecule has 0 unspecified atom stereocenters. The first kappa shape index (κ1) is 58.4. The number of hydrogen-bond acceptors (Lipinski definition) is 6. The summed E-state index contributed by atoms with van der Waals surface area (Å²) in [6, 6.07) is 0. The highest BCUT2D eigenvalue weighted by molar-refractivity contribution is 5.71. The van der Waals surface area contributed by atoms with Crippen LogP contribution in [-0.4, -0.2) is 37.2 Å². The maximum absolute atomic E-state index is 12.8. The smallest absolute Gasteiger partial charge is 0.306 e. The number of rotatable bonds is 47. The molecular weight excluding hydrogens is 757 g/mol. The zero-order chi connectivity index (χ0) is 44.4. The minimum Gasteiger partial charge on any atom is -0.462 e. The Balaban J connectivity index is 4.38. The Morgan fingerprint density at radius 3 is 0.984 bits per heavy atom. The topological polar surface area (TPSA) is 78.9 Å². The first-order valence-electron chi connectivity index (χ1n) is 26.1. The van der Waals surface area contributed by atoms with E-state index in [0.29, 0.717) is 19.3 Å². The minimum absolute atomic E-state index is 0.0792. The summed E-state index contributed by atoms with van der Waals surface area (Å²) in [7, 11) is 0. The molecule has 0 aromatic carbocycles. The Morgan fingerprint density at radius 1 is 0.328 bits per heavy atom. The number of hydrogen-bond donors (Lipinski definition) is 0. The van der Waals surface area contributed by atoms with E-state index in [9.17, 15) is 14.4 Å². The summed E-state index contributed by atoms with van der Waals surface area (Å²) >= 11 is 0. The van der Waals surface area contributed by atoms with E-state index < -0.39 is 6.10 Å². The Labute approximate surface area is 378 Å². The van der Waals surface area contributed by atoms with Gasteiger partial charge in [0.15, 0.2) is 6.10 Å². The van der Waals surface area contributed by atoms with Gasteiger partial charge in [0.1, 0.15) is 13.2 Å². The van der Waals surface area contributed by atoms with Gasteiger partial charge in [0, 0.05) is 19.3 Å². The van der Waals surface area contributed by atoms with E-state index in [0.717, 1.165) is 96.3 Å². The van der Waals surface area contributed by atoms with Crippen LogP contribution in [0.2, 0.25) is 0 Å². The lowest BCUT2D eigenvalue weighted by molar-refractivity contribution is -0.167. The molecule has 61 heavy (non-hydrogen) atoms. The van der Waals surface area contributed by atoms with Crippen LogP contribution in [0.4, 0.5) is 0 Å². The average Bonchev–Trinajstić information content (AvgIpc) is 3.26. The summed E-state index contributed by atoms with van der Waals surface area (Å²) in [5.74, 6) is -0.894. The highest BCUT2D eigenvalue weighted by atomic mass is 16.6. The third-order valence-corrected chi connectivity index (χ3v) is 11.3. The predicted molar refractivity (Wildman–Crippen MR) is 261 cm³/mol. The molecule has 0 aliphatic heterocycles. The lowest BCUT2D eigenvalue weighted by Gasteiger charge is -2.18. The first-order chi connectivity index (χ1) is 30.0. The van der Waals surface area contributed by atoms with E-state index >= 15 is 0 Å². The standard InChI is InChI=1S/C55H98O6/c1-4-7-10-13-16-19-22-25-27-28-29-31-33-36-39-42-45-48-54(57)60-51-52(50-59-53(56)47-44-41-38-35-32-24-21-18-15-12-9-6-3)61-55(58)49-46-43-40-37-34-30-26-23-20-17-14-11-8-5-2/h14,16-17,19,23,25-27,52H,4-13,15,18,20-22,24,28-51H2,1-3H3/b17-14-,19-16-,26-23-,27-25-/t52-/m1/s1. The average molecular weight is 855 g/mol. The molecule has 0 saturated heterocycles. The molecule has 0 spiro atoms. The van der Waals surface area contributed by atoms with E-state index in [1.54, 1.807) is 0 Å². The summed E-state index contributed by atoms with van der Waals surface area (Å²) < 4.78 is 16.8. The molecule has 0 bridgehead atoms. The van der Waals surface area contributed by atoms with Gasteiger partial charge in [0.05, 0.1) is 0 Å². The molecule has 0 radical (unpaired) electrons. The quantitative estimate of drug-likeness (QED) is 0.0263. The van der Waals surface area contributed by atoms with Crippen LogP contribution in [0.15, 0.2) is 48.6 Å². The molecule has 6 heteroatoms. The summed E-state index contributed by atoms with van der Waals surface area (Å²) in [6.07, 6.45) is 59.4. The normalized spacial score (nSPS) is 12.4. The zero-order valence-corrected chi connectivity index (χ0v) is 40.4. The summed E-state index contributed by atoms with van der Waals surface area (Å²) in [4.78, 5) is 38.0. The molecule has 0 fully saturated rings. The molecule has 0 N–H and O–H groups in total. The third kappa shape index (κ3) is 48.3. The second-order valence-corrected chi connectivity index (χ2v) is 17.4. The fraction of sp³-hybridized carbons (Fsp3) is 0.800. The van der Waals surface area contributed by atoms with Gasteiger partial charge in [-0.05, 0) is 77.0 Å². The molecule has 0 aliphatic rings. The molecule has 0 aromatic heterocycles. The Kier molecular flexibility index (Phi) is 47.9. The van der Waals surface area contributed by atoms with E-state index in [-0.39, 0.29) is 31.1 Å². The van der Waals surface area contributed by atoms with Gasteiger partial charge < -0.3 is 14.2 Å². The number of allylic oxidation sites excluding steroid dienone is 8. The number of unbranched alkanes of at least 4 members (excludes halogenated alkanes) is 28. The third-order valence-electron chi connectivity index (χ3n) is 11.3. The van der Waals surface area contributed by atoms with Crippen molar-refractivity contribution in [3.05, 3.63) is 48.6 Å².